The molecule has 5 nitrogen and oxygen atoms in total. The van der Waals surface area contributed by atoms with Crippen LogP contribution in [0, 0.1) is 0 Å². The number of carbonyl (C=O) groups excluding carboxylic acids is 2. The Hall–Kier alpha value is -1.36. The van der Waals surface area contributed by atoms with E-state index in [0.29, 0.717) is 6.42 Å². The fourth-order valence-corrected chi connectivity index (χ4v) is 3.58. The molecule has 5 heteroatoms. The largest absolute Gasteiger partial charge is 0.491 e. The number of carbonyl (C=O) groups is 2. The molecule has 1 heterocycles. The minimum absolute atomic E-state index is 0.0411. The van der Waals surface area contributed by atoms with Crippen LogP contribution < -0.4 is 0 Å². The second-order valence-corrected chi connectivity index (χ2v) is 8.22. The van der Waals surface area contributed by atoms with Crippen molar-refractivity contribution in [2.75, 3.05) is 6.61 Å². The van der Waals surface area contributed by atoms with Gasteiger partial charge < -0.3 is 14.6 Å². The Balaban J connectivity index is 1.87. The first-order chi connectivity index (χ1) is 14.2. The summed E-state index contributed by atoms with van der Waals surface area (Å²) in [7, 11) is 0. The predicted molar refractivity (Wildman–Crippen MR) is 115 cm³/mol. The van der Waals surface area contributed by atoms with Crippen LogP contribution in [0.1, 0.15) is 116 Å². The maximum Gasteiger partial charge on any atom is 0.311 e. The molecule has 0 aromatic heterocycles. The van der Waals surface area contributed by atoms with Gasteiger partial charge in [0.25, 0.3) is 0 Å². The van der Waals surface area contributed by atoms with Gasteiger partial charge in [0, 0.05) is 6.42 Å². The maximum absolute atomic E-state index is 11.8. The fraction of sp³-hybridized carbons (Fsp3) is 0.833. The van der Waals surface area contributed by atoms with E-state index < -0.39 is 6.10 Å². The maximum atomic E-state index is 11.8. The van der Waals surface area contributed by atoms with Crippen molar-refractivity contribution in [3.8, 4) is 0 Å². The molecule has 0 radical (unpaired) electrons. The molecule has 29 heavy (non-hydrogen) atoms. The van der Waals surface area contributed by atoms with Crippen molar-refractivity contribution in [1.29, 1.82) is 0 Å². The minimum Gasteiger partial charge on any atom is -0.491 e. The smallest absolute Gasteiger partial charge is 0.311 e. The van der Waals surface area contributed by atoms with Crippen LogP contribution in [0.25, 0.3) is 0 Å². The molecule has 0 amide bonds. The van der Waals surface area contributed by atoms with Crippen molar-refractivity contribution in [2.45, 2.75) is 122 Å². The van der Waals surface area contributed by atoms with Crippen LogP contribution in [0.5, 0.6) is 0 Å². The van der Waals surface area contributed by atoms with Gasteiger partial charge in [-0.15, -0.1) is 0 Å². The molecule has 0 unspecified atom stereocenters. The van der Waals surface area contributed by atoms with Gasteiger partial charge in [0.05, 0.1) is 13.0 Å². The molecule has 1 aliphatic heterocycles. The number of Topliss-reactive ketones (excluding diaryl/α,β-unsaturated/α-hetero) is 1. The summed E-state index contributed by atoms with van der Waals surface area (Å²) in [5.41, 5.74) is 0. The molecular weight excluding hydrogens is 368 g/mol. The molecule has 0 spiro atoms. The van der Waals surface area contributed by atoms with E-state index in [1.165, 1.54) is 77.0 Å². The lowest BCUT2D eigenvalue weighted by atomic mass is 10.0. The highest BCUT2D eigenvalue weighted by atomic mass is 16.6. The Kier molecular flexibility index (Phi) is 15.5. The topological polar surface area (TPSA) is 72.8 Å². The van der Waals surface area contributed by atoms with Gasteiger partial charge in [-0.1, -0.05) is 96.8 Å². The van der Waals surface area contributed by atoms with Gasteiger partial charge in [0.15, 0.2) is 0 Å². The highest BCUT2D eigenvalue weighted by Crippen LogP contribution is 2.17. The second kappa shape index (κ2) is 17.5. The molecule has 0 saturated heterocycles. The number of allylic oxidation sites excluding steroid dienone is 1. The number of esters is 1. The van der Waals surface area contributed by atoms with E-state index in [0.717, 1.165) is 25.5 Å². The minimum atomic E-state index is -0.527. The number of hydrogen-bond acceptors (Lipinski definition) is 5. The van der Waals surface area contributed by atoms with Crippen molar-refractivity contribution in [3.05, 3.63) is 12.0 Å². The van der Waals surface area contributed by atoms with Gasteiger partial charge >= 0.3 is 5.97 Å². The quantitative estimate of drug-likeness (QED) is 0.222. The molecule has 0 aromatic rings. The van der Waals surface area contributed by atoms with Crippen LogP contribution in [0.2, 0.25) is 0 Å². The van der Waals surface area contributed by atoms with E-state index >= 15 is 0 Å². The first kappa shape index (κ1) is 25.7. The first-order valence-corrected chi connectivity index (χ1v) is 11.9. The molecule has 0 bridgehead atoms. The highest BCUT2D eigenvalue weighted by molar-refractivity contribution is 5.96. The van der Waals surface area contributed by atoms with E-state index in [2.05, 4.69) is 6.92 Å². The van der Waals surface area contributed by atoms with E-state index in [4.69, 9.17) is 14.6 Å². The molecule has 1 atom stereocenters. The average Bonchev–Trinajstić information content (AvgIpc) is 2.72. The zero-order valence-corrected chi connectivity index (χ0v) is 18.5. The predicted octanol–water partition coefficient (Wildman–Crippen LogP) is 5.98. The van der Waals surface area contributed by atoms with Crippen molar-refractivity contribution >= 4 is 11.8 Å². The van der Waals surface area contributed by atoms with E-state index in [1.807, 2.05) is 0 Å². The highest BCUT2D eigenvalue weighted by Gasteiger charge is 2.25. The van der Waals surface area contributed by atoms with Gasteiger partial charge in [0.1, 0.15) is 12.4 Å². The zero-order valence-electron chi connectivity index (χ0n) is 18.5. The molecule has 1 N–H and O–H groups in total. The zero-order chi connectivity index (χ0) is 21.2. The van der Waals surface area contributed by atoms with Crippen molar-refractivity contribution in [3.63, 3.8) is 0 Å². The lowest BCUT2D eigenvalue weighted by molar-refractivity contribution is -0.144. The van der Waals surface area contributed by atoms with Crippen LogP contribution in [-0.2, 0) is 19.1 Å². The number of aliphatic hydroxyl groups excluding tert-OH is 1. The van der Waals surface area contributed by atoms with E-state index in [9.17, 15) is 9.59 Å². The molecule has 1 aliphatic rings. The lowest BCUT2D eigenvalue weighted by Crippen LogP contribution is -2.27. The summed E-state index contributed by atoms with van der Waals surface area (Å²) in [5.74, 6) is -0.717. The lowest BCUT2D eigenvalue weighted by Gasteiger charge is -2.19. The van der Waals surface area contributed by atoms with E-state index in [1.54, 1.807) is 0 Å². The Labute approximate surface area is 177 Å². The summed E-state index contributed by atoms with van der Waals surface area (Å²) in [4.78, 5) is 23.6. The Morgan fingerprint density at radius 3 is 1.86 bits per heavy atom. The summed E-state index contributed by atoms with van der Waals surface area (Å²) < 4.78 is 10.2. The number of ketones is 1. The van der Waals surface area contributed by atoms with Crippen LogP contribution in [0.3, 0.4) is 0 Å². The van der Waals surface area contributed by atoms with Gasteiger partial charge in [-0.25, -0.2) is 0 Å². The van der Waals surface area contributed by atoms with Crippen LogP contribution in [-0.4, -0.2) is 29.6 Å². The standard InChI is InChI=1S/C24H42O5/c1-2-3-4-5-6-7-8-9-10-11-12-13-14-15-16-17-24(27)29-23-20-28-21(19-25)18-22(23)26/h20-21,25H,2-19H2,1H3/t21-/m0/s1. The number of rotatable bonds is 18. The summed E-state index contributed by atoms with van der Waals surface area (Å²) in [6.45, 7) is 2.04. The number of unbranched alkanes of at least 4 members (excludes halogenated alkanes) is 14. The summed E-state index contributed by atoms with van der Waals surface area (Å²) in [5, 5.41) is 8.96. The van der Waals surface area contributed by atoms with E-state index in [-0.39, 0.29) is 30.5 Å². The van der Waals surface area contributed by atoms with Crippen molar-refractivity contribution < 1.29 is 24.2 Å². The molecule has 0 aliphatic carbocycles. The Morgan fingerprint density at radius 1 is 0.931 bits per heavy atom. The van der Waals surface area contributed by atoms with Crippen LogP contribution in [0.4, 0.5) is 0 Å². The molecule has 168 valence electrons. The normalized spacial score (nSPS) is 16.4. The SMILES string of the molecule is CCCCCCCCCCCCCCCCCC(=O)OC1=CO[C@H](CO)CC1=O. The second-order valence-electron chi connectivity index (χ2n) is 8.22. The molecule has 0 saturated carbocycles. The molecule has 0 aromatic carbocycles. The number of hydrogen-bond donors (Lipinski definition) is 1. The summed E-state index contributed by atoms with van der Waals surface area (Å²) in [6, 6.07) is 0. The van der Waals surface area contributed by atoms with Crippen LogP contribution >= 0.6 is 0 Å². The monoisotopic (exact) mass is 410 g/mol. The average molecular weight is 411 g/mol. The van der Waals surface area contributed by atoms with Gasteiger partial charge in [0.2, 0.25) is 11.5 Å². The van der Waals surface area contributed by atoms with Crippen molar-refractivity contribution in [2.24, 2.45) is 0 Å². The Bertz CT molecular complexity index is 472. The molecular formula is C24H42O5. The third-order valence-electron chi connectivity index (χ3n) is 5.47. The van der Waals surface area contributed by atoms with Gasteiger partial charge in [-0.3, -0.25) is 9.59 Å². The van der Waals surface area contributed by atoms with Crippen LogP contribution in [0.15, 0.2) is 12.0 Å². The molecule has 1 rings (SSSR count). The number of ether oxygens (including phenoxy) is 2. The summed E-state index contributed by atoms with van der Waals surface area (Å²) in [6.07, 6.45) is 20.2. The third kappa shape index (κ3) is 13.5. The number of aliphatic hydroxyl groups is 1. The summed E-state index contributed by atoms with van der Waals surface area (Å²) >= 11 is 0. The molecule has 0 fully saturated rings. The van der Waals surface area contributed by atoms with Gasteiger partial charge in [-0.2, -0.15) is 0 Å². The fourth-order valence-electron chi connectivity index (χ4n) is 3.58. The van der Waals surface area contributed by atoms with Crippen molar-refractivity contribution in [1.82, 2.24) is 0 Å². The van der Waals surface area contributed by atoms with Gasteiger partial charge in [-0.05, 0) is 6.42 Å². The Morgan fingerprint density at radius 2 is 1.41 bits per heavy atom. The third-order valence-corrected chi connectivity index (χ3v) is 5.47. The first-order valence-electron chi connectivity index (χ1n) is 11.9.